The zero-order valence-electron chi connectivity index (χ0n) is 13.1. The van der Waals surface area contributed by atoms with Crippen molar-refractivity contribution in [1.29, 1.82) is 0 Å². The molecule has 0 saturated heterocycles. The molecule has 0 aliphatic heterocycles. The average molecular weight is 302 g/mol. The molecule has 0 atom stereocenters. The Kier molecular flexibility index (Phi) is 9.42. The zero-order chi connectivity index (χ0) is 16.0. The van der Waals surface area contributed by atoms with Crippen molar-refractivity contribution in [1.82, 2.24) is 5.43 Å². The highest BCUT2D eigenvalue weighted by Gasteiger charge is 2.00. The largest absolute Gasteiger partial charge is 0.507 e. The van der Waals surface area contributed by atoms with Crippen molar-refractivity contribution < 1.29 is 9.90 Å². The fourth-order valence-electron chi connectivity index (χ4n) is 2.11. The number of para-hydroxylation sites is 1. The molecule has 1 amide bonds. The number of carbonyl (C=O) groups is 1. The van der Waals surface area contributed by atoms with Crippen LogP contribution in [0.15, 0.2) is 42.0 Å². The summed E-state index contributed by atoms with van der Waals surface area (Å²) in [5.74, 6) is 0.0651. The van der Waals surface area contributed by atoms with Crippen molar-refractivity contribution in [3.8, 4) is 5.75 Å². The van der Waals surface area contributed by atoms with Gasteiger partial charge in [0.15, 0.2) is 0 Å². The van der Waals surface area contributed by atoms with Crippen LogP contribution in [0.2, 0.25) is 0 Å². The lowest BCUT2D eigenvalue weighted by Gasteiger charge is -2.01. The molecule has 1 aromatic rings. The minimum absolute atomic E-state index is 0.0849. The van der Waals surface area contributed by atoms with Gasteiger partial charge in [-0.15, -0.1) is 6.58 Å². The maximum atomic E-state index is 11.6. The lowest BCUT2D eigenvalue weighted by molar-refractivity contribution is -0.121. The van der Waals surface area contributed by atoms with Crippen LogP contribution in [0, 0.1) is 0 Å². The van der Waals surface area contributed by atoms with E-state index < -0.39 is 0 Å². The molecular formula is C18H26N2O2. The number of unbranched alkanes of at least 4 members (excludes halogenated alkanes) is 6. The monoisotopic (exact) mass is 302 g/mol. The Morgan fingerprint density at radius 3 is 2.55 bits per heavy atom. The summed E-state index contributed by atoms with van der Waals surface area (Å²) in [6.45, 7) is 3.71. The van der Waals surface area contributed by atoms with Crippen molar-refractivity contribution in [2.45, 2.75) is 51.4 Å². The summed E-state index contributed by atoms with van der Waals surface area (Å²) in [6, 6.07) is 6.86. The van der Waals surface area contributed by atoms with E-state index in [0.717, 1.165) is 19.3 Å². The lowest BCUT2D eigenvalue weighted by Crippen LogP contribution is -2.16. The molecule has 22 heavy (non-hydrogen) atoms. The van der Waals surface area contributed by atoms with Gasteiger partial charge in [-0.05, 0) is 31.4 Å². The van der Waals surface area contributed by atoms with Crippen molar-refractivity contribution in [2.24, 2.45) is 5.10 Å². The number of phenolic OH excluding ortho intramolecular Hbond substituents is 1. The summed E-state index contributed by atoms with van der Waals surface area (Å²) in [6.07, 6.45) is 11.8. The fourth-order valence-corrected chi connectivity index (χ4v) is 2.11. The second-order valence-electron chi connectivity index (χ2n) is 5.30. The number of amides is 1. The summed E-state index contributed by atoms with van der Waals surface area (Å²) >= 11 is 0. The van der Waals surface area contributed by atoms with E-state index in [2.05, 4.69) is 17.1 Å². The number of hydrazone groups is 1. The SMILES string of the molecule is C=CCCCCCCCCC(=O)N/N=C\c1ccccc1O. The number of phenols is 1. The van der Waals surface area contributed by atoms with E-state index in [1.807, 2.05) is 6.08 Å². The molecule has 0 aliphatic carbocycles. The quantitative estimate of drug-likeness (QED) is 0.279. The smallest absolute Gasteiger partial charge is 0.240 e. The van der Waals surface area contributed by atoms with Gasteiger partial charge in [-0.25, -0.2) is 5.43 Å². The van der Waals surface area contributed by atoms with E-state index >= 15 is 0 Å². The van der Waals surface area contributed by atoms with Crippen LogP contribution in [0.1, 0.15) is 56.9 Å². The van der Waals surface area contributed by atoms with Crippen LogP contribution in [0.3, 0.4) is 0 Å². The van der Waals surface area contributed by atoms with Crippen LogP contribution >= 0.6 is 0 Å². The first kappa shape index (κ1) is 18.0. The molecule has 1 rings (SSSR count). The highest BCUT2D eigenvalue weighted by Crippen LogP contribution is 2.12. The minimum atomic E-state index is -0.0849. The highest BCUT2D eigenvalue weighted by molar-refractivity contribution is 5.84. The normalized spacial score (nSPS) is 10.7. The van der Waals surface area contributed by atoms with Crippen molar-refractivity contribution in [2.75, 3.05) is 0 Å². The summed E-state index contributed by atoms with van der Waals surface area (Å²) < 4.78 is 0. The number of carbonyl (C=O) groups excluding carboxylic acids is 1. The van der Waals surface area contributed by atoms with Crippen molar-refractivity contribution in [3.63, 3.8) is 0 Å². The maximum Gasteiger partial charge on any atom is 0.240 e. The van der Waals surface area contributed by atoms with Gasteiger partial charge in [0.2, 0.25) is 5.91 Å². The number of aromatic hydroxyl groups is 1. The summed E-state index contributed by atoms with van der Waals surface area (Å²) in [4.78, 5) is 11.6. The Balaban J connectivity index is 2.06. The molecule has 2 N–H and O–H groups in total. The topological polar surface area (TPSA) is 61.7 Å². The molecule has 0 saturated carbocycles. The van der Waals surface area contributed by atoms with E-state index in [4.69, 9.17) is 0 Å². The van der Waals surface area contributed by atoms with Gasteiger partial charge < -0.3 is 5.11 Å². The second kappa shape index (κ2) is 11.5. The zero-order valence-corrected chi connectivity index (χ0v) is 13.1. The highest BCUT2D eigenvalue weighted by atomic mass is 16.3. The van der Waals surface area contributed by atoms with Crippen LogP contribution in [0.25, 0.3) is 0 Å². The minimum Gasteiger partial charge on any atom is -0.507 e. The van der Waals surface area contributed by atoms with Crippen molar-refractivity contribution in [3.05, 3.63) is 42.5 Å². The lowest BCUT2D eigenvalue weighted by atomic mass is 10.1. The molecule has 4 nitrogen and oxygen atoms in total. The molecule has 0 unspecified atom stereocenters. The Hall–Kier alpha value is -2.10. The maximum absolute atomic E-state index is 11.6. The van der Waals surface area contributed by atoms with E-state index in [1.165, 1.54) is 31.9 Å². The number of nitrogens with one attached hydrogen (secondary N) is 1. The van der Waals surface area contributed by atoms with Crippen LogP contribution in [-0.2, 0) is 4.79 Å². The Morgan fingerprint density at radius 2 is 1.82 bits per heavy atom. The van der Waals surface area contributed by atoms with Crippen molar-refractivity contribution >= 4 is 12.1 Å². The first-order chi connectivity index (χ1) is 10.7. The molecule has 120 valence electrons. The van der Waals surface area contributed by atoms with Gasteiger partial charge in [0.1, 0.15) is 5.75 Å². The predicted octanol–water partition coefficient (Wildman–Crippen LogP) is 4.15. The molecule has 0 spiro atoms. The van der Waals surface area contributed by atoms with Gasteiger partial charge in [-0.2, -0.15) is 5.10 Å². The van der Waals surface area contributed by atoms with E-state index in [1.54, 1.807) is 24.3 Å². The predicted molar refractivity (Wildman–Crippen MR) is 91.0 cm³/mol. The van der Waals surface area contributed by atoms with Gasteiger partial charge in [-0.3, -0.25) is 4.79 Å². The molecule has 0 aliphatic rings. The van der Waals surface area contributed by atoms with Crippen LogP contribution in [-0.4, -0.2) is 17.2 Å². The van der Waals surface area contributed by atoms with E-state index in [0.29, 0.717) is 12.0 Å². The first-order valence-electron chi connectivity index (χ1n) is 7.95. The van der Waals surface area contributed by atoms with Crippen LogP contribution in [0.5, 0.6) is 5.75 Å². The molecule has 0 radical (unpaired) electrons. The standard InChI is InChI=1S/C18H26N2O2/c1-2-3-4-5-6-7-8-9-14-18(22)20-19-15-16-12-10-11-13-17(16)21/h2,10-13,15,21H,1,3-9,14H2,(H,20,22)/b19-15-. The third-order valence-electron chi connectivity index (χ3n) is 3.39. The average Bonchev–Trinajstić information content (AvgIpc) is 2.52. The first-order valence-corrected chi connectivity index (χ1v) is 7.95. The number of hydrogen-bond donors (Lipinski definition) is 2. The van der Waals surface area contributed by atoms with E-state index in [9.17, 15) is 9.90 Å². The summed E-state index contributed by atoms with van der Waals surface area (Å²) in [5.41, 5.74) is 3.07. The third kappa shape index (κ3) is 8.25. The fraction of sp³-hybridized carbons (Fsp3) is 0.444. The number of hydrogen-bond acceptors (Lipinski definition) is 3. The Morgan fingerprint density at radius 1 is 1.14 bits per heavy atom. The molecular weight excluding hydrogens is 276 g/mol. The van der Waals surface area contributed by atoms with Gasteiger partial charge in [0.05, 0.1) is 6.21 Å². The van der Waals surface area contributed by atoms with Gasteiger partial charge in [0.25, 0.3) is 0 Å². The number of nitrogens with zero attached hydrogens (tertiary/aromatic N) is 1. The molecule has 0 aromatic heterocycles. The molecule has 0 bridgehead atoms. The van der Waals surface area contributed by atoms with Gasteiger partial charge in [0, 0.05) is 12.0 Å². The third-order valence-corrected chi connectivity index (χ3v) is 3.39. The second-order valence-corrected chi connectivity index (χ2v) is 5.30. The molecule has 1 aromatic carbocycles. The van der Waals surface area contributed by atoms with Crippen LogP contribution in [0.4, 0.5) is 0 Å². The molecule has 0 fully saturated rings. The Labute approximate surface area is 132 Å². The summed E-state index contributed by atoms with van der Waals surface area (Å²) in [5, 5.41) is 13.4. The number of allylic oxidation sites excluding steroid dienone is 1. The van der Waals surface area contributed by atoms with Crippen LogP contribution < -0.4 is 5.43 Å². The van der Waals surface area contributed by atoms with Gasteiger partial charge >= 0.3 is 0 Å². The molecule has 4 heteroatoms. The van der Waals surface area contributed by atoms with Gasteiger partial charge in [-0.1, -0.05) is 43.9 Å². The number of rotatable bonds is 11. The number of benzene rings is 1. The Bertz CT molecular complexity index is 484. The van der Waals surface area contributed by atoms with E-state index in [-0.39, 0.29) is 11.7 Å². The molecule has 0 heterocycles. The summed E-state index contributed by atoms with van der Waals surface area (Å²) in [7, 11) is 0.